The Balaban J connectivity index is 0.000000806. The van der Waals surface area contributed by atoms with E-state index in [4.69, 9.17) is 17.0 Å². The first kappa shape index (κ1) is 23.3. The van der Waals surface area contributed by atoms with Gasteiger partial charge in [0.05, 0.1) is 5.69 Å². The van der Waals surface area contributed by atoms with Crippen LogP contribution in [0.2, 0.25) is 0 Å². The third-order valence-electron chi connectivity index (χ3n) is 5.48. The van der Waals surface area contributed by atoms with Crippen molar-refractivity contribution in [2.75, 3.05) is 0 Å². The molecule has 0 radical (unpaired) electrons. The summed E-state index contributed by atoms with van der Waals surface area (Å²) in [6.45, 7) is 0. The second kappa shape index (κ2) is 12.4. The quantitative estimate of drug-likeness (QED) is 0.347. The molecule has 2 nitrogen and oxygen atoms in total. The molecule has 0 saturated heterocycles. The van der Waals surface area contributed by atoms with E-state index in [1.165, 1.54) is 19.3 Å². The van der Waals surface area contributed by atoms with Crippen LogP contribution in [0.4, 0.5) is 5.69 Å². The first-order valence-corrected chi connectivity index (χ1v) is 16.5. The predicted molar refractivity (Wildman–Crippen MR) is 125 cm³/mol. The van der Waals surface area contributed by atoms with Crippen molar-refractivity contribution in [3.05, 3.63) is 83.9 Å². The maximum absolute atomic E-state index is 11.2. The van der Waals surface area contributed by atoms with Gasteiger partial charge in [-0.2, -0.15) is 0 Å². The van der Waals surface area contributed by atoms with Gasteiger partial charge in [0.2, 0.25) is 0 Å². The van der Waals surface area contributed by atoms with Crippen molar-refractivity contribution in [2.24, 2.45) is 4.99 Å². The van der Waals surface area contributed by atoms with Gasteiger partial charge in [0.1, 0.15) is 5.75 Å². The first-order chi connectivity index (χ1) is 14.7. The molecule has 5 heteroatoms. The number of aromatic hydroxyl groups is 1. The van der Waals surface area contributed by atoms with E-state index in [1.807, 2.05) is 54.7 Å². The number of phenols is 1. The van der Waals surface area contributed by atoms with E-state index in [2.05, 4.69) is 29.3 Å². The molecule has 0 aliphatic heterocycles. The molecule has 1 N–H and O–H groups in total. The summed E-state index contributed by atoms with van der Waals surface area (Å²) in [5, 5.41) is 11.2. The van der Waals surface area contributed by atoms with Gasteiger partial charge in [-0.25, -0.2) is 0 Å². The minimum atomic E-state index is -0.826. The average molecular weight is 518 g/mol. The van der Waals surface area contributed by atoms with Crippen molar-refractivity contribution in [3.63, 3.8) is 0 Å². The number of hydrogen-bond donors (Lipinski definition) is 1. The third-order valence-corrected chi connectivity index (χ3v) is 5.48. The van der Waals surface area contributed by atoms with Gasteiger partial charge in [0.15, 0.2) is 0 Å². The van der Waals surface area contributed by atoms with Crippen molar-refractivity contribution < 1.29 is 26.0 Å². The number of hydrogen-bond acceptors (Lipinski definition) is 2. The average Bonchev–Trinajstić information content (AvgIpc) is 2.80. The summed E-state index contributed by atoms with van der Waals surface area (Å²) in [4.78, 5) is 4.62. The molecule has 0 heterocycles. The Morgan fingerprint density at radius 2 is 1.43 bits per heavy atom. The van der Waals surface area contributed by atoms with E-state index in [-0.39, 0.29) is 0 Å². The number of para-hydroxylation sites is 1. The molecule has 3 aromatic carbocycles. The van der Waals surface area contributed by atoms with Crippen molar-refractivity contribution >= 4 is 28.9 Å². The van der Waals surface area contributed by atoms with Crippen LogP contribution in [0.1, 0.15) is 49.1 Å². The van der Waals surface area contributed by atoms with Gasteiger partial charge in [-0.15, -0.1) is 0 Å². The maximum atomic E-state index is 11.2. The number of halogens is 2. The molecule has 1 aliphatic carbocycles. The molecule has 1 saturated carbocycles. The summed E-state index contributed by atoms with van der Waals surface area (Å²) in [7, 11) is 9.87. The zero-order chi connectivity index (χ0) is 21.2. The van der Waals surface area contributed by atoms with Gasteiger partial charge < -0.3 is 5.11 Å². The molecule has 0 amide bonds. The van der Waals surface area contributed by atoms with Gasteiger partial charge in [0.25, 0.3) is 0 Å². The zero-order valence-electron chi connectivity index (χ0n) is 16.8. The molecule has 0 atom stereocenters. The summed E-state index contributed by atoms with van der Waals surface area (Å²) in [5.74, 6) is 0.843. The van der Waals surface area contributed by atoms with E-state index in [0.717, 1.165) is 40.8 Å². The summed E-state index contributed by atoms with van der Waals surface area (Å²) in [6.07, 6.45) is 7.94. The zero-order valence-corrected chi connectivity index (χ0v) is 20.7. The van der Waals surface area contributed by atoms with E-state index >= 15 is 0 Å². The molecule has 30 heavy (non-hydrogen) atoms. The Kier molecular flexibility index (Phi) is 9.65. The van der Waals surface area contributed by atoms with Gasteiger partial charge in [-0.05, 0) is 47.6 Å². The minimum absolute atomic E-state index is 0.392. The van der Waals surface area contributed by atoms with E-state index in [9.17, 15) is 5.11 Å². The van der Waals surface area contributed by atoms with Crippen LogP contribution in [-0.4, -0.2) is 11.3 Å². The second-order valence-corrected chi connectivity index (χ2v) is 11.1. The summed E-state index contributed by atoms with van der Waals surface area (Å²) < 4.78 is 0. The van der Waals surface area contributed by atoms with Crippen LogP contribution in [0.25, 0.3) is 11.1 Å². The molecule has 154 valence electrons. The molecule has 4 rings (SSSR count). The number of phenolic OH excluding ortho intramolecular Hbond substituents is 1. The summed E-state index contributed by atoms with van der Waals surface area (Å²) in [6, 6.07) is 24.4. The fourth-order valence-electron chi connectivity index (χ4n) is 4.02. The summed E-state index contributed by atoms with van der Waals surface area (Å²) in [5.41, 5.74) is 4.89. The van der Waals surface area contributed by atoms with Gasteiger partial charge in [-0.1, -0.05) is 79.9 Å². The first-order valence-electron chi connectivity index (χ1n) is 10.2. The van der Waals surface area contributed by atoms with Crippen LogP contribution in [0, 0.1) is 0 Å². The van der Waals surface area contributed by atoms with Gasteiger partial charge in [0, 0.05) is 11.8 Å². The Labute approximate surface area is 197 Å². The number of nitrogens with zero attached hydrogens (tertiary/aromatic N) is 1. The van der Waals surface area contributed by atoms with Crippen LogP contribution in [0.3, 0.4) is 0 Å². The van der Waals surface area contributed by atoms with Crippen molar-refractivity contribution in [3.8, 4) is 16.9 Å². The van der Waals surface area contributed by atoms with Crippen LogP contribution in [0.15, 0.2) is 77.8 Å². The Morgan fingerprint density at radius 3 is 2.07 bits per heavy atom. The molecular weight excluding hydrogens is 492 g/mol. The molecule has 0 bridgehead atoms. The third kappa shape index (κ3) is 6.30. The molecule has 1 fully saturated rings. The SMILES string of the molecule is Oc1c(C2CCCCC2)ccc(-c2ccccc2)c1C=Nc1ccccc1.[Cl][Zr][Cl]. The molecule has 0 aromatic heterocycles. The monoisotopic (exact) mass is 515 g/mol. The van der Waals surface area contributed by atoms with Crippen molar-refractivity contribution in [1.29, 1.82) is 0 Å². The van der Waals surface area contributed by atoms with E-state index in [0.29, 0.717) is 11.7 Å². The predicted octanol–water partition coefficient (Wildman–Crippen LogP) is 8.23. The van der Waals surface area contributed by atoms with Crippen LogP contribution < -0.4 is 0 Å². The molecule has 0 spiro atoms. The Morgan fingerprint density at radius 1 is 0.833 bits per heavy atom. The molecule has 3 aromatic rings. The second-order valence-electron chi connectivity index (χ2n) is 7.33. The molecule has 1 aliphatic rings. The van der Waals surface area contributed by atoms with Gasteiger partial charge in [-0.3, -0.25) is 4.99 Å². The van der Waals surface area contributed by atoms with Crippen LogP contribution >= 0.6 is 17.0 Å². The Hall–Kier alpha value is -1.41. The number of aliphatic imine (C=N–C) groups is 1. The fraction of sp³-hybridized carbons (Fsp3) is 0.240. The van der Waals surface area contributed by atoms with Crippen LogP contribution in [-0.2, 0) is 20.8 Å². The van der Waals surface area contributed by atoms with Crippen molar-refractivity contribution in [2.45, 2.75) is 38.0 Å². The molecule has 0 unspecified atom stereocenters. The standard InChI is InChI=1S/C25H25NO.2ClH.Zr/c27-25-23(20-12-6-2-7-13-20)17-16-22(19-10-4-1-5-11-19)24(25)18-26-21-14-8-3-9-15-21;;;/h1,3-5,8-11,14-18,20,27H,2,6-7,12-13H2;2*1H;/q;;;+2/p-2. The topological polar surface area (TPSA) is 32.6 Å². The van der Waals surface area contributed by atoms with E-state index < -0.39 is 20.8 Å². The fourth-order valence-corrected chi connectivity index (χ4v) is 4.02. The number of benzene rings is 3. The number of rotatable bonds is 4. The van der Waals surface area contributed by atoms with Crippen molar-refractivity contribution in [1.82, 2.24) is 0 Å². The Bertz CT molecular complexity index is 942. The molecular formula is C25H25Cl2NOZr. The van der Waals surface area contributed by atoms with Gasteiger partial charge >= 0.3 is 37.9 Å². The summed E-state index contributed by atoms with van der Waals surface area (Å²) >= 11 is -0.826. The van der Waals surface area contributed by atoms with Crippen LogP contribution in [0.5, 0.6) is 5.75 Å². The normalized spacial score (nSPS) is 14.2. The van der Waals surface area contributed by atoms with E-state index in [1.54, 1.807) is 0 Å².